The topological polar surface area (TPSA) is 35.5 Å². The fourth-order valence-corrected chi connectivity index (χ4v) is 1.29. The molecule has 0 saturated heterocycles. The van der Waals surface area contributed by atoms with Crippen molar-refractivity contribution in [2.24, 2.45) is 0 Å². The fraction of sp³-hybridized carbons (Fsp3) is 0.278. The van der Waals surface area contributed by atoms with Crippen LogP contribution in [0.4, 0.5) is 0 Å². The van der Waals surface area contributed by atoms with Crippen LogP contribution in [-0.2, 0) is 4.74 Å². The lowest BCUT2D eigenvalue weighted by Crippen LogP contribution is -2.03. The molecular weight excluding hydrogens is 264 g/mol. The number of esters is 1. The van der Waals surface area contributed by atoms with Crippen LogP contribution in [0.25, 0.3) is 0 Å². The Bertz CT molecular complexity index is 504. The van der Waals surface area contributed by atoms with Gasteiger partial charge < -0.3 is 9.47 Å². The first-order valence-electron chi connectivity index (χ1n) is 6.90. The van der Waals surface area contributed by atoms with E-state index in [4.69, 9.17) is 9.47 Å². The van der Waals surface area contributed by atoms with Gasteiger partial charge in [0, 0.05) is 0 Å². The van der Waals surface area contributed by atoms with Gasteiger partial charge in [0.15, 0.2) is 0 Å². The Hall–Kier alpha value is -2.29. The molecule has 21 heavy (non-hydrogen) atoms. The summed E-state index contributed by atoms with van der Waals surface area (Å²) in [7, 11) is 1.57. The number of hydrogen-bond acceptors (Lipinski definition) is 3. The molecule has 0 amide bonds. The van der Waals surface area contributed by atoms with Gasteiger partial charge in [0.25, 0.3) is 0 Å². The van der Waals surface area contributed by atoms with E-state index >= 15 is 0 Å². The predicted octanol–water partition coefficient (Wildman–Crippen LogP) is 4.91. The Labute approximate surface area is 127 Å². The number of ether oxygens (including phenoxy) is 2. The molecule has 0 aliphatic heterocycles. The minimum Gasteiger partial charge on any atom is -0.497 e. The number of carbonyl (C=O) groups is 1. The SMILES string of the molecule is C=C/C(=C\C=C(C)C)OC(=O)c1ccc(OC)cc1.CC. The van der Waals surface area contributed by atoms with Crippen molar-refractivity contribution in [1.82, 2.24) is 0 Å². The van der Waals surface area contributed by atoms with Crippen molar-refractivity contribution in [3.63, 3.8) is 0 Å². The minimum absolute atomic E-state index is 0.419. The average Bonchev–Trinajstić information content (AvgIpc) is 2.53. The van der Waals surface area contributed by atoms with E-state index in [-0.39, 0.29) is 0 Å². The van der Waals surface area contributed by atoms with E-state index in [1.807, 2.05) is 33.8 Å². The van der Waals surface area contributed by atoms with E-state index in [2.05, 4.69) is 6.58 Å². The van der Waals surface area contributed by atoms with Crippen LogP contribution < -0.4 is 4.74 Å². The summed E-state index contributed by atoms with van der Waals surface area (Å²) >= 11 is 0. The molecule has 0 saturated carbocycles. The van der Waals surface area contributed by atoms with Crippen LogP contribution in [0.2, 0.25) is 0 Å². The Morgan fingerprint density at radius 1 is 1.10 bits per heavy atom. The Balaban J connectivity index is 0.00000191. The lowest BCUT2D eigenvalue weighted by atomic mass is 10.2. The van der Waals surface area contributed by atoms with E-state index in [1.165, 1.54) is 6.08 Å². The molecule has 1 aromatic rings. The minimum atomic E-state index is -0.420. The Morgan fingerprint density at radius 3 is 2.10 bits per heavy atom. The first kappa shape index (κ1) is 18.7. The van der Waals surface area contributed by atoms with Gasteiger partial charge in [-0.1, -0.05) is 32.1 Å². The molecule has 0 unspecified atom stereocenters. The molecule has 0 N–H and O–H groups in total. The summed E-state index contributed by atoms with van der Waals surface area (Å²) in [4.78, 5) is 11.9. The summed E-state index contributed by atoms with van der Waals surface area (Å²) in [6.45, 7) is 11.5. The van der Waals surface area contributed by atoms with Crippen LogP contribution in [0.5, 0.6) is 5.75 Å². The van der Waals surface area contributed by atoms with E-state index < -0.39 is 5.97 Å². The van der Waals surface area contributed by atoms with Crippen molar-refractivity contribution < 1.29 is 14.3 Å². The number of carbonyl (C=O) groups excluding carboxylic acids is 1. The van der Waals surface area contributed by atoms with Crippen LogP contribution in [0, 0.1) is 0 Å². The molecule has 0 bridgehead atoms. The largest absolute Gasteiger partial charge is 0.497 e. The van der Waals surface area contributed by atoms with Crippen molar-refractivity contribution >= 4 is 5.97 Å². The van der Waals surface area contributed by atoms with Crippen LogP contribution >= 0.6 is 0 Å². The quantitative estimate of drug-likeness (QED) is 0.438. The van der Waals surface area contributed by atoms with Crippen LogP contribution in [0.15, 0.2) is 60.4 Å². The monoisotopic (exact) mass is 288 g/mol. The van der Waals surface area contributed by atoms with E-state index in [0.717, 1.165) is 5.57 Å². The molecule has 0 aromatic heterocycles. The van der Waals surface area contributed by atoms with E-state index in [1.54, 1.807) is 37.5 Å². The number of rotatable bonds is 5. The number of benzene rings is 1. The van der Waals surface area contributed by atoms with E-state index in [0.29, 0.717) is 17.1 Å². The lowest BCUT2D eigenvalue weighted by Gasteiger charge is -2.05. The molecule has 1 aromatic carbocycles. The molecule has 0 aliphatic carbocycles. The summed E-state index contributed by atoms with van der Waals surface area (Å²) in [5.41, 5.74) is 1.57. The number of allylic oxidation sites excluding steroid dienone is 4. The van der Waals surface area contributed by atoms with Gasteiger partial charge in [-0.3, -0.25) is 0 Å². The van der Waals surface area contributed by atoms with Gasteiger partial charge in [-0.2, -0.15) is 0 Å². The fourth-order valence-electron chi connectivity index (χ4n) is 1.29. The third-order valence-electron chi connectivity index (χ3n) is 2.32. The molecule has 3 nitrogen and oxygen atoms in total. The zero-order chi connectivity index (χ0) is 16.3. The average molecular weight is 288 g/mol. The van der Waals surface area contributed by atoms with Crippen molar-refractivity contribution in [3.8, 4) is 5.75 Å². The van der Waals surface area contributed by atoms with Crippen molar-refractivity contribution in [3.05, 3.63) is 66.0 Å². The maximum absolute atomic E-state index is 11.9. The summed E-state index contributed by atoms with van der Waals surface area (Å²) in [6.07, 6.45) is 5.07. The normalized spacial score (nSPS) is 9.86. The lowest BCUT2D eigenvalue weighted by molar-refractivity contribution is 0.0637. The molecule has 0 spiro atoms. The van der Waals surface area contributed by atoms with Gasteiger partial charge in [-0.25, -0.2) is 4.79 Å². The molecule has 0 heterocycles. The van der Waals surface area contributed by atoms with Gasteiger partial charge in [-0.15, -0.1) is 0 Å². The second kappa shape index (κ2) is 10.5. The van der Waals surface area contributed by atoms with Crippen LogP contribution in [0.3, 0.4) is 0 Å². The maximum Gasteiger partial charge on any atom is 0.343 e. The second-order valence-corrected chi connectivity index (χ2v) is 4.14. The predicted molar refractivity (Wildman–Crippen MR) is 87.5 cm³/mol. The highest BCUT2D eigenvalue weighted by atomic mass is 16.5. The van der Waals surface area contributed by atoms with Gasteiger partial charge in [0.05, 0.1) is 12.7 Å². The smallest absolute Gasteiger partial charge is 0.343 e. The molecule has 0 radical (unpaired) electrons. The molecule has 0 fully saturated rings. The molecule has 1 rings (SSSR count). The third-order valence-corrected chi connectivity index (χ3v) is 2.32. The van der Waals surface area contributed by atoms with Crippen molar-refractivity contribution in [2.45, 2.75) is 27.7 Å². The first-order valence-corrected chi connectivity index (χ1v) is 6.90. The molecule has 114 valence electrons. The van der Waals surface area contributed by atoms with Gasteiger partial charge in [0.2, 0.25) is 0 Å². The molecule has 3 heteroatoms. The summed E-state index contributed by atoms with van der Waals surface area (Å²) in [5.74, 6) is 0.693. The van der Waals surface area contributed by atoms with Crippen LogP contribution in [0.1, 0.15) is 38.1 Å². The van der Waals surface area contributed by atoms with Crippen molar-refractivity contribution in [2.75, 3.05) is 7.11 Å². The molecular formula is C18H24O3. The second-order valence-electron chi connectivity index (χ2n) is 4.14. The standard InChI is InChI=1S/C16H18O3.C2H6/c1-5-14(9-6-12(2)3)19-16(17)13-7-10-15(18-4)11-8-13;1-2/h5-11H,1H2,2-4H3;1-2H3/b14-9+;. The number of hydrogen-bond donors (Lipinski definition) is 0. The Morgan fingerprint density at radius 2 is 1.67 bits per heavy atom. The number of methoxy groups -OCH3 is 1. The zero-order valence-electron chi connectivity index (χ0n) is 13.5. The summed E-state index contributed by atoms with van der Waals surface area (Å²) < 4.78 is 10.3. The van der Waals surface area contributed by atoms with Gasteiger partial charge in [0.1, 0.15) is 11.5 Å². The third kappa shape index (κ3) is 7.16. The highest BCUT2D eigenvalue weighted by molar-refractivity contribution is 5.90. The van der Waals surface area contributed by atoms with Crippen LogP contribution in [-0.4, -0.2) is 13.1 Å². The summed E-state index contributed by atoms with van der Waals surface area (Å²) in [5, 5.41) is 0. The van der Waals surface area contributed by atoms with Gasteiger partial charge in [-0.05, 0) is 50.3 Å². The highest BCUT2D eigenvalue weighted by Gasteiger charge is 2.08. The molecule has 0 atom stereocenters. The van der Waals surface area contributed by atoms with Crippen molar-refractivity contribution in [1.29, 1.82) is 0 Å². The zero-order valence-corrected chi connectivity index (χ0v) is 13.5. The van der Waals surface area contributed by atoms with E-state index in [9.17, 15) is 4.79 Å². The van der Waals surface area contributed by atoms with Gasteiger partial charge >= 0.3 is 5.97 Å². The highest BCUT2D eigenvalue weighted by Crippen LogP contribution is 2.13. The Kier molecular flexibility index (Phi) is 9.35. The summed E-state index contributed by atoms with van der Waals surface area (Å²) in [6, 6.07) is 6.74. The first-order chi connectivity index (χ1) is 10.1. The maximum atomic E-state index is 11.9. The molecule has 0 aliphatic rings.